The number of rotatable bonds is 6. The molecule has 6 heteroatoms. The van der Waals surface area contributed by atoms with Crippen molar-refractivity contribution in [1.82, 2.24) is 5.43 Å². The van der Waals surface area contributed by atoms with Crippen LogP contribution in [0, 0.1) is 0 Å². The second-order valence-corrected chi connectivity index (χ2v) is 5.94. The lowest BCUT2D eigenvalue weighted by Crippen LogP contribution is -2.19. The fraction of sp³-hybridized carbons (Fsp3) is 0.100. The van der Waals surface area contributed by atoms with Crippen molar-refractivity contribution in [1.29, 1.82) is 0 Å². The zero-order valence-corrected chi connectivity index (χ0v) is 14.9. The van der Waals surface area contributed by atoms with Gasteiger partial charge in [0.1, 0.15) is 17.3 Å². The van der Waals surface area contributed by atoms with E-state index in [4.69, 9.17) is 20.8 Å². The summed E-state index contributed by atoms with van der Waals surface area (Å²) in [6, 6.07) is 18.3. The van der Waals surface area contributed by atoms with E-state index in [2.05, 4.69) is 10.5 Å². The lowest BCUT2D eigenvalue weighted by Gasteiger charge is -2.06. The van der Waals surface area contributed by atoms with Crippen LogP contribution in [0.5, 0.6) is 5.75 Å². The summed E-state index contributed by atoms with van der Waals surface area (Å²) in [6.45, 7) is 0. The van der Waals surface area contributed by atoms with Gasteiger partial charge in [-0.3, -0.25) is 4.79 Å². The Morgan fingerprint density at radius 1 is 1.19 bits per heavy atom. The van der Waals surface area contributed by atoms with Gasteiger partial charge < -0.3 is 9.15 Å². The number of carbonyl (C=O) groups is 1. The van der Waals surface area contributed by atoms with Crippen molar-refractivity contribution in [2.24, 2.45) is 5.10 Å². The molecule has 5 nitrogen and oxygen atoms in total. The zero-order chi connectivity index (χ0) is 18.4. The van der Waals surface area contributed by atoms with Crippen molar-refractivity contribution in [2.45, 2.75) is 6.42 Å². The smallest absolute Gasteiger partial charge is 0.244 e. The van der Waals surface area contributed by atoms with Crippen LogP contribution >= 0.6 is 11.6 Å². The highest BCUT2D eigenvalue weighted by Gasteiger charge is 2.10. The van der Waals surface area contributed by atoms with Crippen LogP contribution in [0.1, 0.15) is 11.3 Å². The molecule has 0 saturated carbocycles. The highest BCUT2D eigenvalue weighted by Crippen LogP contribution is 2.33. The first-order valence-corrected chi connectivity index (χ1v) is 8.33. The number of methoxy groups -OCH3 is 1. The normalized spacial score (nSPS) is 10.8. The van der Waals surface area contributed by atoms with E-state index in [0.29, 0.717) is 22.3 Å². The van der Waals surface area contributed by atoms with Gasteiger partial charge in [-0.1, -0.05) is 41.9 Å². The average Bonchev–Trinajstić information content (AvgIpc) is 3.11. The number of halogens is 1. The summed E-state index contributed by atoms with van der Waals surface area (Å²) in [7, 11) is 1.58. The number of furan rings is 1. The number of amides is 1. The maximum absolute atomic E-state index is 11.9. The molecule has 0 aliphatic carbocycles. The monoisotopic (exact) mass is 368 g/mol. The fourth-order valence-electron chi connectivity index (χ4n) is 2.43. The lowest BCUT2D eigenvalue weighted by atomic mass is 10.1. The van der Waals surface area contributed by atoms with Crippen molar-refractivity contribution < 1.29 is 13.9 Å². The summed E-state index contributed by atoms with van der Waals surface area (Å²) in [4.78, 5) is 11.9. The zero-order valence-electron chi connectivity index (χ0n) is 14.1. The maximum atomic E-state index is 11.9. The molecule has 0 fully saturated rings. The van der Waals surface area contributed by atoms with E-state index >= 15 is 0 Å². The number of nitrogens with one attached hydrogen (secondary N) is 1. The van der Waals surface area contributed by atoms with E-state index in [9.17, 15) is 4.79 Å². The van der Waals surface area contributed by atoms with E-state index in [-0.39, 0.29) is 12.3 Å². The Kier molecular flexibility index (Phi) is 5.71. The number of ether oxygens (including phenoxy) is 1. The third-order valence-electron chi connectivity index (χ3n) is 3.64. The van der Waals surface area contributed by atoms with E-state index in [1.54, 1.807) is 37.4 Å². The standard InChI is InChI=1S/C20H17ClN2O3/c1-25-18-9-7-15(21)12-17(18)19-10-8-16(26-19)13-22-23-20(24)11-14-5-3-2-4-6-14/h2-10,12-13H,11H2,1H3,(H,23,24)/b22-13-. The van der Waals surface area contributed by atoms with Crippen LogP contribution in [-0.4, -0.2) is 19.2 Å². The fourth-order valence-corrected chi connectivity index (χ4v) is 2.60. The minimum atomic E-state index is -0.198. The van der Waals surface area contributed by atoms with Gasteiger partial charge in [-0.05, 0) is 35.9 Å². The lowest BCUT2D eigenvalue weighted by molar-refractivity contribution is -0.120. The molecule has 3 rings (SSSR count). The minimum absolute atomic E-state index is 0.198. The molecule has 0 atom stereocenters. The molecule has 1 heterocycles. The summed E-state index contributed by atoms with van der Waals surface area (Å²) in [5.74, 6) is 1.56. The van der Waals surface area contributed by atoms with Crippen molar-refractivity contribution in [3.63, 3.8) is 0 Å². The molecule has 3 aromatic rings. The summed E-state index contributed by atoms with van der Waals surface area (Å²) < 4.78 is 11.1. The van der Waals surface area contributed by atoms with Gasteiger partial charge in [0.25, 0.3) is 0 Å². The van der Waals surface area contributed by atoms with Crippen LogP contribution in [0.15, 0.2) is 70.2 Å². The molecule has 1 N–H and O–H groups in total. The Morgan fingerprint density at radius 3 is 2.77 bits per heavy atom. The van der Waals surface area contributed by atoms with E-state index in [0.717, 1.165) is 11.1 Å². The van der Waals surface area contributed by atoms with Gasteiger partial charge in [0.05, 0.1) is 25.3 Å². The summed E-state index contributed by atoms with van der Waals surface area (Å²) in [6.07, 6.45) is 1.71. The topological polar surface area (TPSA) is 63.8 Å². The number of benzene rings is 2. The summed E-state index contributed by atoms with van der Waals surface area (Å²) in [5.41, 5.74) is 4.15. The number of nitrogens with zero attached hydrogens (tertiary/aromatic N) is 1. The van der Waals surface area contributed by atoms with Crippen molar-refractivity contribution in [3.05, 3.63) is 77.0 Å². The van der Waals surface area contributed by atoms with Gasteiger partial charge in [0.15, 0.2) is 0 Å². The van der Waals surface area contributed by atoms with Crippen molar-refractivity contribution in [3.8, 4) is 17.1 Å². The molecule has 0 aliphatic heterocycles. The molecule has 0 saturated heterocycles. The van der Waals surface area contributed by atoms with E-state index in [1.807, 2.05) is 30.3 Å². The second-order valence-electron chi connectivity index (χ2n) is 5.50. The van der Waals surface area contributed by atoms with Gasteiger partial charge in [-0.2, -0.15) is 5.10 Å². The maximum Gasteiger partial charge on any atom is 0.244 e. The molecule has 1 aromatic heterocycles. The number of hydrogen-bond donors (Lipinski definition) is 1. The SMILES string of the molecule is COc1ccc(Cl)cc1-c1ccc(/C=N\NC(=O)Cc2ccccc2)o1. The van der Waals surface area contributed by atoms with Crippen LogP contribution in [0.2, 0.25) is 5.02 Å². The third-order valence-corrected chi connectivity index (χ3v) is 3.88. The molecule has 0 bridgehead atoms. The molecule has 0 radical (unpaired) electrons. The predicted molar refractivity (Wildman–Crippen MR) is 102 cm³/mol. The van der Waals surface area contributed by atoms with E-state index < -0.39 is 0 Å². The highest BCUT2D eigenvalue weighted by atomic mass is 35.5. The Labute approximate surface area is 156 Å². The first kappa shape index (κ1) is 17.8. The summed E-state index contributed by atoms with van der Waals surface area (Å²) >= 11 is 6.04. The molecule has 132 valence electrons. The first-order chi connectivity index (χ1) is 12.7. The van der Waals surface area contributed by atoms with Crippen LogP contribution in [0.3, 0.4) is 0 Å². The van der Waals surface area contributed by atoms with Crippen molar-refractivity contribution >= 4 is 23.7 Å². The van der Waals surface area contributed by atoms with Gasteiger partial charge in [-0.25, -0.2) is 5.43 Å². The first-order valence-electron chi connectivity index (χ1n) is 7.95. The Hall–Kier alpha value is -3.05. The Balaban J connectivity index is 1.64. The van der Waals surface area contributed by atoms with Crippen LogP contribution in [0.25, 0.3) is 11.3 Å². The van der Waals surface area contributed by atoms with Gasteiger partial charge in [0.2, 0.25) is 5.91 Å². The van der Waals surface area contributed by atoms with Gasteiger partial charge in [0, 0.05) is 5.02 Å². The average molecular weight is 369 g/mol. The highest BCUT2D eigenvalue weighted by molar-refractivity contribution is 6.30. The van der Waals surface area contributed by atoms with Crippen LogP contribution < -0.4 is 10.2 Å². The molecule has 0 unspecified atom stereocenters. The molecule has 2 aromatic carbocycles. The van der Waals surface area contributed by atoms with Gasteiger partial charge in [-0.15, -0.1) is 0 Å². The second kappa shape index (κ2) is 8.36. The molecular formula is C20H17ClN2O3. The van der Waals surface area contributed by atoms with Crippen LogP contribution in [-0.2, 0) is 11.2 Å². The Bertz CT molecular complexity index is 920. The van der Waals surface area contributed by atoms with Crippen LogP contribution in [0.4, 0.5) is 0 Å². The third kappa shape index (κ3) is 4.52. The van der Waals surface area contributed by atoms with Crippen molar-refractivity contribution in [2.75, 3.05) is 7.11 Å². The summed E-state index contributed by atoms with van der Waals surface area (Å²) in [5, 5.41) is 4.51. The largest absolute Gasteiger partial charge is 0.496 e. The van der Waals surface area contributed by atoms with E-state index in [1.165, 1.54) is 6.21 Å². The molecular weight excluding hydrogens is 352 g/mol. The number of hydrogen-bond acceptors (Lipinski definition) is 4. The van der Waals surface area contributed by atoms with Gasteiger partial charge >= 0.3 is 0 Å². The molecule has 0 spiro atoms. The minimum Gasteiger partial charge on any atom is -0.496 e. The number of hydrazone groups is 1. The molecule has 0 aliphatic rings. The molecule has 1 amide bonds. The quantitative estimate of drug-likeness (QED) is 0.521. The Morgan fingerprint density at radius 2 is 2.00 bits per heavy atom. The molecule has 26 heavy (non-hydrogen) atoms. The number of carbonyl (C=O) groups excluding carboxylic acids is 1. The predicted octanol–water partition coefficient (Wildman–Crippen LogP) is 4.30.